The predicted molar refractivity (Wildman–Crippen MR) is 115 cm³/mol. The highest BCUT2D eigenvalue weighted by Crippen LogP contribution is 2.46. The van der Waals surface area contributed by atoms with E-state index in [4.69, 9.17) is 4.74 Å². The van der Waals surface area contributed by atoms with Crippen molar-refractivity contribution in [3.05, 3.63) is 0 Å². The highest BCUT2D eigenvalue weighted by atomic mass is 19.3. The third kappa shape index (κ3) is 4.54. The average Bonchev–Trinajstić information content (AvgIpc) is 3.68. The van der Waals surface area contributed by atoms with Crippen LogP contribution < -0.4 is 0 Å². The topological polar surface area (TPSA) is 53.1 Å². The van der Waals surface area contributed by atoms with Gasteiger partial charge in [-0.1, -0.05) is 0 Å². The molecule has 32 heavy (non-hydrogen) atoms. The predicted octanol–water partition coefficient (Wildman–Crippen LogP) is 2.90. The van der Waals surface area contributed by atoms with E-state index in [9.17, 15) is 18.4 Å². The van der Waals surface area contributed by atoms with Crippen molar-refractivity contribution >= 4 is 11.8 Å². The SMILES string of the molecule is CN(C(=O)C[C@@H]1CN(C2CCC(F)(F)CC2)[C@@H]2CO[C@@H](CC(=O)N(C)C3CC3)[C@H]12)C1CC1. The van der Waals surface area contributed by atoms with E-state index in [1.54, 1.807) is 0 Å². The number of fused-ring (bicyclic) bond motifs is 1. The molecule has 0 N–H and O–H groups in total. The van der Waals surface area contributed by atoms with Crippen LogP contribution in [-0.4, -0.2) is 90.0 Å². The van der Waals surface area contributed by atoms with Crippen molar-refractivity contribution in [2.45, 2.75) is 100 Å². The Kier molecular flexibility index (Phi) is 5.98. The quantitative estimate of drug-likeness (QED) is 0.595. The molecule has 2 heterocycles. The molecule has 5 fully saturated rings. The Morgan fingerprint density at radius 2 is 1.50 bits per heavy atom. The van der Waals surface area contributed by atoms with Crippen molar-refractivity contribution in [3.8, 4) is 0 Å². The molecule has 2 amide bonds. The summed E-state index contributed by atoms with van der Waals surface area (Å²) in [7, 11) is 3.77. The highest BCUT2D eigenvalue weighted by Gasteiger charge is 2.54. The largest absolute Gasteiger partial charge is 0.376 e. The summed E-state index contributed by atoms with van der Waals surface area (Å²) >= 11 is 0. The fraction of sp³-hybridized carbons (Fsp3) is 0.917. The molecule has 0 bridgehead atoms. The Morgan fingerprint density at radius 3 is 2.06 bits per heavy atom. The lowest BCUT2D eigenvalue weighted by Crippen LogP contribution is -2.45. The lowest BCUT2D eigenvalue weighted by Gasteiger charge is -2.37. The van der Waals surface area contributed by atoms with Gasteiger partial charge in [-0.15, -0.1) is 0 Å². The second-order valence-electron chi connectivity index (χ2n) is 10.9. The normalized spacial score (nSPS) is 35.0. The van der Waals surface area contributed by atoms with Gasteiger partial charge in [0.1, 0.15) is 0 Å². The van der Waals surface area contributed by atoms with Crippen LogP contribution in [0.1, 0.15) is 64.2 Å². The first kappa shape index (κ1) is 22.5. The molecule has 180 valence electrons. The summed E-state index contributed by atoms with van der Waals surface area (Å²) in [6.07, 6.45) is 5.79. The van der Waals surface area contributed by atoms with Gasteiger partial charge in [-0.25, -0.2) is 8.78 Å². The number of halogens is 2. The van der Waals surface area contributed by atoms with Gasteiger partial charge in [0.05, 0.1) is 19.1 Å². The minimum atomic E-state index is -2.55. The van der Waals surface area contributed by atoms with Crippen molar-refractivity contribution in [3.63, 3.8) is 0 Å². The Morgan fingerprint density at radius 1 is 0.938 bits per heavy atom. The maximum Gasteiger partial charge on any atom is 0.248 e. The van der Waals surface area contributed by atoms with Crippen molar-refractivity contribution < 1.29 is 23.1 Å². The minimum absolute atomic E-state index is 0.0610. The number of likely N-dealkylation sites (tertiary alicyclic amines) is 1. The molecular weight excluding hydrogens is 416 g/mol. The van der Waals surface area contributed by atoms with Gasteiger partial charge >= 0.3 is 0 Å². The van der Waals surface area contributed by atoms with E-state index in [1.165, 1.54) is 0 Å². The zero-order chi connectivity index (χ0) is 22.6. The van der Waals surface area contributed by atoms with E-state index in [0.29, 0.717) is 44.4 Å². The number of carbonyl (C=O) groups excluding carboxylic acids is 2. The summed E-state index contributed by atoms with van der Waals surface area (Å²) in [5.41, 5.74) is 0. The molecule has 5 rings (SSSR count). The standard InChI is InChI=1S/C24H37F2N3O3/c1-27(16-3-4-16)21(30)11-15-13-29(18-7-9-24(25,26)10-8-18)19-14-32-20(23(15)19)12-22(31)28(2)17-5-6-17/h15-20,23H,3-14H2,1-2H3/t15-,19-,20+,23-/m1/s1. The molecule has 3 saturated carbocycles. The summed E-state index contributed by atoms with van der Waals surface area (Å²) in [6, 6.07) is 0.990. The van der Waals surface area contributed by atoms with Crippen LogP contribution in [0.15, 0.2) is 0 Å². The lowest BCUT2D eigenvalue weighted by atomic mass is 9.83. The lowest BCUT2D eigenvalue weighted by molar-refractivity contribution is -0.133. The number of hydrogen-bond donors (Lipinski definition) is 0. The van der Waals surface area contributed by atoms with E-state index in [0.717, 1.165) is 32.2 Å². The molecule has 0 radical (unpaired) electrons. The van der Waals surface area contributed by atoms with Gasteiger partial charge in [0.25, 0.3) is 0 Å². The van der Waals surface area contributed by atoms with Crippen LogP contribution in [0.25, 0.3) is 0 Å². The van der Waals surface area contributed by atoms with Gasteiger partial charge in [0, 0.05) is 70.0 Å². The molecule has 5 aliphatic rings. The second-order valence-corrected chi connectivity index (χ2v) is 10.9. The molecule has 0 aromatic rings. The third-order valence-electron chi connectivity index (χ3n) is 8.71. The number of hydrogen-bond acceptors (Lipinski definition) is 4. The Bertz CT molecular complexity index is 732. The van der Waals surface area contributed by atoms with Crippen LogP contribution in [-0.2, 0) is 14.3 Å². The Balaban J connectivity index is 1.29. The zero-order valence-corrected chi connectivity index (χ0v) is 19.3. The molecule has 0 aromatic heterocycles. The van der Waals surface area contributed by atoms with Crippen molar-refractivity contribution in [2.75, 3.05) is 27.2 Å². The number of rotatable bonds is 7. The number of carbonyl (C=O) groups is 2. The van der Waals surface area contributed by atoms with E-state index in [1.807, 2.05) is 23.9 Å². The van der Waals surface area contributed by atoms with Gasteiger partial charge in [-0.2, -0.15) is 0 Å². The third-order valence-corrected chi connectivity index (χ3v) is 8.71. The Labute approximate surface area is 189 Å². The summed E-state index contributed by atoms with van der Waals surface area (Å²) in [5.74, 6) is -2.03. The first-order chi connectivity index (χ1) is 15.2. The first-order valence-corrected chi connectivity index (χ1v) is 12.5. The summed E-state index contributed by atoms with van der Waals surface area (Å²) < 4.78 is 33.7. The fourth-order valence-corrected chi connectivity index (χ4v) is 6.34. The van der Waals surface area contributed by atoms with Gasteiger partial charge in [0.15, 0.2) is 0 Å². The number of nitrogens with zero attached hydrogens (tertiary/aromatic N) is 3. The molecule has 2 aliphatic heterocycles. The molecule has 8 heteroatoms. The van der Waals surface area contributed by atoms with Gasteiger partial charge in [-0.05, 0) is 44.4 Å². The van der Waals surface area contributed by atoms with E-state index >= 15 is 0 Å². The first-order valence-electron chi connectivity index (χ1n) is 12.5. The number of amides is 2. The number of alkyl halides is 2. The van der Waals surface area contributed by atoms with Crippen LogP contribution in [0.2, 0.25) is 0 Å². The van der Waals surface area contributed by atoms with Crippen LogP contribution in [0, 0.1) is 11.8 Å². The summed E-state index contributed by atoms with van der Waals surface area (Å²) in [4.78, 5) is 31.9. The van der Waals surface area contributed by atoms with Gasteiger partial charge in [0.2, 0.25) is 17.7 Å². The summed E-state index contributed by atoms with van der Waals surface area (Å²) in [5, 5.41) is 0. The maximum atomic E-state index is 13.8. The average molecular weight is 454 g/mol. The zero-order valence-electron chi connectivity index (χ0n) is 19.3. The van der Waals surface area contributed by atoms with E-state index in [2.05, 4.69) is 4.90 Å². The number of ether oxygens (including phenoxy) is 1. The molecule has 6 nitrogen and oxygen atoms in total. The van der Waals surface area contributed by atoms with Crippen molar-refractivity contribution in [1.82, 2.24) is 14.7 Å². The molecule has 3 aliphatic carbocycles. The fourth-order valence-electron chi connectivity index (χ4n) is 6.34. The smallest absolute Gasteiger partial charge is 0.248 e. The molecular formula is C24H37F2N3O3. The summed E-state index contributed by atoms with van der Waals surface area (Å²) in [6.45, 7) is 1.29. The van der Waals surface area contributed by atoms with Gasteiger partial charge in [-0.3, -0.25) is 14.5 Å². The van der Waals surface area contributed by atoms with E-state index < -0.39 is 5.92 Å². The molecule has 4 atom stereocenters. The highest BCUT2D eigenvalue weighted by molar-refractivity contribution is 5.78. The molecule has 0 spiro atoms. The van der Waals surface area contributed by atoms with Crippen LogP contribution in [0.4, 0.5) is 8.78 Å². The monoisotopic (exact) mass is 453 g/mol. The second kappa shape index (κ2) is 8.49. The van der Waals surface area contributed by atoms with Crippen LogP contribution in [0.5, 0.6) is 0 Å². The van der Waals surface area contributed by atoms with Crippen LogP contribution in [0.3, 0.4) is 0 Å². The molecule has 0 unspecified atom stereocenters. The van der Waals surface area contributed by atoms with E-state index in [-0.39, 0.29) is 54.7 Å². The van der Waals surface area contributed by atoms with Gasteiger partial charge < -0.3 is 14.5 Å². The Hall–Kier alpha value is -1.28. The van der Waals surface area contributed by atoms with Crippen molar-refractivity contribution in [1.29, 1.82) is 0 Å². The van der Waals surface area contributed by atoms with Crippen LogP contribution >= 0.6 is 0 Å². The maximum absolute atomic E-state index is 13.8. The molecule has 0 aromatic carbocycles. The molecule has 2 saturated heterocycles. The minimum Gasteiger partial charge on any atom is -0.376 e. The van der Waals surface area contributed by atoms with Crippen molar-refractivity contribution in [2.24, 2.45) is 11.8 Å².